The maximum absolute atomic E-state index is 11.8. The van der Waals surface area contributed by atoms with Gasteiger partial charge in [-0.05, 0) is 45.4 Å². The van der Waals surface area contributed by atoms with Crippen LogP contribution in [0.15, 0.2) is 12.5 Å². The van der Waals surface area contributed by atoms with Crippen LogP contribution in [0.2, 0.25) is 0 Å². The Morgan fingerprint density at radius 3 is 2.72 bits per heavy atom. The van der Waals surface area contributed by atoms with Crippen LogP contribution in [0.5, 0.6) is 0 Å². The Kier molecular flexibility index (Phi) is 3.19. The minimum Gasteiger partial charge on any atom is -0.443 e. The van der Waals surface area contributed by atoms with Gasteiger partial charge in [0, 0.05) is 12.8 Å². The van der Waals surface area contributed by atoms with Crippen molar-refractivity contribution in [3.05, 3.63) is 18.2 Å². The van der Waals surface area contributed by atoms with Crippen LogP contribution in [0.4, 0.5) is 4.79 Å². The fourth-order valence-electron chi connectivity index (χ4n) is 1.82. The van der Waals surface area contributed by atoms with Gasteiger partial charge in [0.1, 0.15) is 11.9 Å². The molecule has 0 bridgehead atoms. The van der Waals surface area contributed by atoms with Crippen LogP contribution in [0.25, 0.3) is 0 Å². The van der Waals surface area contributed by atoms with Gasteiger partial charge in [0.05, 0.1) is 5.69 Å². The van der Waals surface area contributed by atoms with Gasteiger partial charge in [-0.2, -0.15) is 0 Å². The van der Waals surface area contributed by atoms with E-state index in [1.807, 2.05) is 20.8 Å². The maximum Gasteiger partial charge on any atom is 0.419 e. The molecule has 0 saturated heterocycles. The first-order valence-electron chi connectivity index (χ1n) is 6.21. The Balaban J connectivity index is 2.00. The molecule has 0 unspecified atom stereocenters. The van der Waals surface area contributed by atoms with Gasteiger partial charge in [0.25, 0.3) is 0 Å². The van der Waals surface area contributed by atoms with Crippen molar-refractivity contribution < 1.29 is 14.6 Å². The summed E-state index contributed by atoms with van der Waals surface area (Å²) in [5.41, 5.74) is 0.324. The molecule has 2 rings (SSSR count). The Labute approximate surface area is 107 Å². The molecule has 1 saturated carbocycles. The van der Waals surface area contributed by atoms with E-state index in [0.29, 0.717) is 0 Å². The second-order valence-electron chi connectivity index (χ2n) is 6.09. The Bertz CT molecular complexity index is 441. The van der Waals surface area contributed by atoms with Gasteiger partial charge in [-0.15, -0.1) is 0 Å². The van der Waals surface area contributed by atoms with Crippen molar-refractivity contribution in [3.8, 4) is 0 Å². The van der Waals surface area contributed by atoms with E-state index < -0.39 is 11.7 Å². The number of aliphatic hydroxyl groups is 1. The number of carbonyl (C=O) groups is 1. The quantitative estimate of drug-likeness (QED) is 0.893. The topological polar surface area (TPSA) is 64.4 Å². The summed E-state index contributed by atoms with van der Waals surface area (Å²) in [6.07, 6.45) is 5.51. The van der Waals surface area contributed by atoms with Gasteiger partial charge in [0.15, 0.2) is 0 Å². The van der Waals surface area contributed by atoms with Crippen molar-refractivity contribution in [2.45, 2.75) is 45.6 Å². The molecule has 5 heteroatoms. The van der Waals surface area contributed by atoms with Crippen LogP contribution in [0, 0.1) is 5.41 Å². The molecule has 100 valence electrons. The summed E-state index contributed by atoms with van der Waals surface area (Å²) in [5, 5.41) is 9.26. The minimum atomic E-state index is -0.510. The minimum absolute atomic E-state index is 0.00706. The van der Waals surface area contributed by atoms with E-state index in [1.54, 1.807) is 6.20 Å². The molecule has 0 amide bonds. The molecule has 0 aliphatic heterocycles. The second-order valence-corrected chi connectivity index (χ2v) is 6.09. The predicted octanol–water partition coefficient (Wildman–Crippen LogP) is 1.98. The number of aromatic nitrogens is 2. The first kappa shape index (κ1) is 13.1. The standard InChI is InChI=1S/C13H20N2O3/c1-12(2,3)18-11(17)15-7-10(14-9-15)6-13(8-16)4-5-13/h7,9,16H,4-6,8H2,1-3H3. The highest BCUT2D eigenvalue weighted by Gasteiger charge is 2.42. The molecule has 1 heterocycles. The lowest BCUT2D eigenvalue weighted by molar-refractivity contribution is 0.0536. The molecule has 5 nitrogen and oxygen atoms in total. The number of carbonyl (C=O) groups excluding carboxylic acids is 1. The average molecular weight is 252 g/mol. The van der Waals surface area contributed by atoms with E-state index in [0.717, 1.165) is 25.0 Å². The summed E-state index contributed by atoms with van der Waals surface area (Å²) in [6, 6.07) is 0. The third-order valence-corrected chi connectivity index (χ3v) is 3.09. The molecule has 1 aromatic rings. The lowest BCUT2D eigenvalue weighted by Crippen LogP contribution is -2.26. The Morgan fingerprint density at radius 1 is 1.56 bits per heavy atom. The normalized spacial score (nSPS) is 17.6. The molecular formula is C13H20N2O3. The molecule has 0 aromatic carbocycles. The molecule has 1 aliphatic rings. The van der Waals surface area contributed by atoms with Gasteiger partial charge in [-0.1, -0.05) is 0 Å². The van der Waals surface area contributed by atoms with Crippen molar-refractivity contribution in [2.24, 2.45) is 5.41 Å². The number of imidazole rings is 1. The zero-order valence-electron chi connectivity index (χ0n) is 11.1. The van der Waals surface area contributed by atoms with Crippen LogP contribution >= 0.6 is 0 Å². The van der Waals surface area contributed by atoms with Crippen LogP contribution in [-0.4, -0.2) is 33.0 Å². The molecule has 1 N–H and O–H groups in total. The molecule has 0 spiro atoms. The van der Waals surface area contributed by atoms with Crippen molar-refractivity contribution >= 4 is 6.09 Å². The number of nitrogens with zero attached hydrogens (tertiary/aromatic N) is 2. The van der Waals surface area contributed by atoms with Gasteiger partial charge >= 0.3 is 6.09 Å². The smallest absolute Gasteiger partial charge is 0.419 e. The van der Waals surface area contributed by atoms with Crippen molar-refractivity contribution in [2.75, 3.05) is 6.61 Å². The maximum atomic E-state index is 11.8. The SMILES string of the molecule is CC(C)(C)OC(=O)n1cnc(CC2(CO)CC2)c1. The fraction of sp³-hybridized carbons (Fsp3) is 0.692. The number of aliphatic hydroxyl groups excluding tert-OH is 1. The highest BCUT2D eigenvalue weighted by Crippen LogP contribution is 2.47. The average Bonchev–Trinajstić information content (AvgIpc) is 2.85. The van der Waals surface area contributed by atoms with Crippen molar-refractivity contribution in [3.63, 3.8) is 0 Å². The highest BCUT2D eigenvalue weighted by molar-refractivity contribution is 5.70. The van der Waals surface area contributed by atoms with E-state index in [-0.39, 0.29) is 12.0 Å². The monoisotopic (exact) mass is 252 g/mol. The Hall–Kier alpha value is -1.36. The third-order valence-electron chi connectivity index (χ3n) is 3.09. The molecular weight excluding hydrogens is 232 g/mol. The van der Waals surface area contributed by atoms with Crippen LogP contribution in [0.3, 0.4) is 0 Å². The van der Waals surface area contributed by atoms with Crippen LogP contribution in [0.1, 0.15) is 39.3 Å². The number of ether oxygens (including phenoxy) is 1. The molecule has 0 radical (unpaired) electrons. The first-order valence-corrected chi connectivity index (χ1v) is 6.21. The van der Waals surface area contributed by atoms with Gasteiger partial charge in [-0.3, -0.25) is 0 Å². The van der Waals surface area contributed by atoms with Crippen LogP contribution < -0.4 is 0 Å². The summed E-state index contributed by atoms with van der Waals surface area (Å²) in [6.45, 7) is 5.67. The van der Waals surface area contributed by atoms with Crippen molar-refractivity contribution in [1.82, 2.24) is 9.55 Å². The summed E-state index contributed by atoms with van der Waals surface area (Å²) < 4.78 is 6.60. The third kappa shape index (κ3) is 3.10. The molecule has 1 fully saturated rings. The fourth-order valence-corrected chi connectivity index (χ4v) is 1.82. The highest BCUT2D eigenvalue weighted by atomic mass is 16.6. The largest absolute Gasteiger partial charge is 0.443 e. The first-order chi connectivity index (χ1) is 8.34. The Morgan fingerprint density at radius 2 is 2.22 bits per heavy atom. The van der Waals surface area contributed by atoms with E-state index in [2.05, 4.69) is 4.98 Å². The molecule has 0 atom stereocenters. The van der Waals surface area contributed by atoms with Crippen LogP contribution in [-0.2, 0) is 11.2 Å². The predicted molar refractivity (Wildman–Crippen MR) is 66.3 cm³/mol. The number of hydrogen-bond acceptors (Lipinski definition) is 4. The van der Waals surface area contributed by atoms with Crippen molar-refractivity contribution in [1.29, 1.82) is 0 Å². The van der Waals surface area contributed by atoms with Gasteiger partial charge in [0.2, 0.25) is 0 Å². The van der Waals surface area contributed by atoms with E-state index in [4.69, 9.17) is 4.74 Å². The molecule has 1 aromatic heterocycles. The lowest BCUT2D eigenvalue weighted by Gasteiger charge is -2.19. The summed E-state index contributed by atoms with van der Waals surface area (Å²) in [7, 11) is 0. The summed E-state index contributed by atoms with van der Waals surface area (Å²) in [5.74, 6) is 0. The second kappa shape index (κ2) is 4.39. The van der Waals surface area contributed by atoms with Gasteiger partial charge in [-0.25, -0.2) is 14.3 Å². The van der Waals surface area contributed by atoms with Gasteiger partial charge < -0.3 is 9.84 Å². The van der Waals surface area contributed by atoms with E-state index >= 15 is 0 Å². The number of hydrogen-bond donors (Lipinski definition) is 1. The zero-order chi connectivity index (χ0) is 13.4. The number of rotatable bonds is 3. The zero-order valence-corrected chi connectivity index (χ0v) is 11.1. The molecule has 18 heavy (non-hydrogen) atoms. The molecule has 1 aliphatic carbocycles. The van der Waals surface area contributed by atoms with E-state index in [1.165, 1.54) is 10.9 Å². The van der Waals surface area contributed by atoms with E-state index in [9.17, 15) is 9.90 Å². The summed E-state index contributed by atoms with van der Waals surface area (Å²) >= 11 is 0. The summed E-state index contributed by atoms with van der Waals surface area (Å²) in [4.78, 5) is 16.0. The lowest BCUT2D eigenvalue weighted by atomic mass is 10.0.